The van der Waals surface area contributed by atoms with Gasteiger partial charge in [-0.25, -0.2) is 13.1 Å². The molecular weight excluding hydrogens is 483 g/mol. The van der Waals surface area contributed by atoms with Crippen LogP contribution in [0.4, 0.5) is 4.79 Å². The third-order valence-electron chi connectivity index (χ3n) is 5.72. The van der Waals surface area contributed by atoms with Gasteiger partial charge in [0.15, 0.2) is 6.03 Å². The number of aromatic nitrogens is 2. The van der Waals surface area contributed by atoms with Crippen LogP contribution >= 0.6 is 0 Å². The molecule has 0 unspecified atom stereocenters. The number of aryl methyl sites for hydroxylation is 2. The summed E-state index contributed by atoms with van der Waals surface area (Å²) >= 11 is 0. The predicted molar refractivity (Wildman–Crippen MR) is 137 cm³/mol. The maximum Gasteiger partial charge on any atom is 1.00 e. The van der Waals surface area contributed by atoms with E-state index in [1.807, 2.05) is 54.1 Å². The Bertz CT molecular complexity index is 1450. The van der Waals surface area contributed by atoms with E-state index in [1.54, 1.807) is 19.1 Å². The Kier molecular flexibility index (Phi) is 9.13. The molecule has 4 aromatic rings. The fourth-order valence-corrected chi connectivity index (χ4v) is 4.98. The number of sulfonamides is 1. The van der Waals surface area contributed by atoms with E-state index >= 15 is 0 Å². The van der Waals surface area contributed by atoms with Crippen LogP contribution in [0.25, 0.3) is 21.5 Å². The Morgan fingerprint density at radius 3 is 2.31 bits per heavy atom. The van der Waals surface area contributed by atoms with Gasteiger partial charge in [0.2, 0.25) is 10.0 Å². The molecule has 0 spiro atoms. The minimum absolute atomic E-state index is 0. The van der Waals surface area contributed by atoms with Crippen molar-refractivity contribution >= 4 is 16.1 Å². The van der Waals surface area contributed by atoms with Crippen molar-refractivity contribution in [1.82, 2.24) is 15.1 Å². The number of nitrogens with one attached hydrogen (secondary N) is 1. The molecule has 0 aliphatic heterocycles. The zero-order valence-corrected chi connectivity index (χ0v) is 23.7. The van der Waals surface area contributed by atoms with Gasteiger partial charge in [-0.3, -0.25) is 4.79 Å². The van der Waals surface area contributed by atoms with Gasteiger partial charge in [0.05, 0.1) is 16.3 Å². The quantitative estimate of drug-likeness (QED) is 0.387. The molecule has 3 aromatic carbocycles. The van der Waals surface area contributed by atoms with Gasteiger partial charge in [-0.2, -0.15) is 5.10 Å². The first-order chi connectivity index (χ1) is 16.7. The van der Waals surface area contributed by atoms with E-state index in [4.69, 9.17) is 5.10 Å². The first-order valence-electron chi connectivity index (χ1n) is 11.3. The van der Waals surface area contributed by atoms with Gasteiger partial charge >= 0.3 is 29.6 Å². The number of benzene rings is 3. The number of hydrogen-bond acceptors (Lipinski definition) is 4. The van der Waals surface area contributed by atoms with E-state index in [0.717, 1.165) is 39.3 Å². The summed E-state index contributed by atoms with van der Waals surface area (Å²) in [5.74, 6) is 0. The van der Waals surface area contributed by atoms with Gasteiger partial charge in [-0.15, -0.1) is 0 Å². The minimum Gasteiger partial charge on any atom is -0.448 e. The van der Waals surface area contributed by atoms with Crippen molar-refractivity contribution < 1.29 is 42.8 Å². The van der Waals surface area contributed by atoms with E-state index in [0.29, 0.717) is 6.42 Å². The molecule has 9 heteroatoms. The van der Waals surface area contributed by atoms with E-state index in [1.165, 1.54) is 12.1 Å². The summed E-state index contributed by atoms with van der Waals surface area (Å²) in [6.45, 7) is 6.11. The van der Waals surface area contributed by atoms with Gasteiger partial charge in [0, 0.05) is 11.3 Å². The number of urea groups is 1. The summed E-state index contributed by atoms with van der Waals surface area (Å²) in [7, 11) is -4.04. The van der Waals surface area contributed by atoms with Gasteiger partial charge in [-0.05, 0) is 74.7 Å². The van der Waals surface area contributed by atoms with Crippen LogP contribution in [0.15, 0.2) is 83.8 Å². The van der Waals surface area contributed by atoms with Crippen LogP contribution in [0.5, 0.6) is 0 Å². The number of amides is 2. The maximum atomic E-state index is 12.3. The second kappa shape index (κ2) is 11.9. The molecular formula is C27H27N4NaO3S. The fraction of sp³-hybridized carbons (Fsp3) is 0.185. The molecule has 0 saturated heterocycles. The normalized spacial score (nSPS) is 11.0. The van der Waals surface area contributed by atoms with Gasteiger partial charge in [0.25, 0.3) is 0 Å². The summed E-state index contributed by atoms with van der Waals surface area (Å²) in [6, 6.07) is 23.5. The van der Waals surface area contributed by atoms with Crippen molar-refractivity contribution in [2.45, 2.75) is 32.1 Å². The average molecular weight is 511 g/mol. The molecule has 0 saturated carbocycles. The smallest absolute Gasteiger partial charge is 0.448 e. The van der Waals surface area contributed by atoms with E-state index in [-0.39, 0.29) is 41.0 Å². The average Bonchev–Trinajstić information content (AvgIpc) is 3.13. The Labute approximate surface area is 234 Å². The SMILES string of the molecule is Cc1cccc(S(=O)(=O)[N-]C(=O)NCCc2ccc(-n3nc(C)c(-c4ccccc4)c3C)cc2)c1.[Na+]. The first-order valence-corrected chi connectivity index (χ1v) is 12.7. The van der Waals surface area contributed by atoms with Gasteiger partial charge in [-0.1, -0.05) is 54.6 Å². The Morgan fingerprint density at radius 1 is 0.944 bits per heavy atom. The largest absolute Gasteiger partial charge is 1.00 e. The molecule has 36 heavy (non-hydrogen) atoms. The zero-order chi connectivity index (χ0) is 25.0. The summed E-state index contributed by atoms with van der Waals surface area (Å²) in [5, 5.41) is 7.28. The topological polar surface area (TPSA) is 95.2 Å². The standard InChI is InChI=1S/C27H28N4O3S.Na/c1-19-8-7-11-25(18-19)35(33,34)30-27(32)28-17-16-22-12-14-24(15-13-22)31-21(3)26(20(2)29-31)23-9-5-4-6-10-23;/h4-15,18H,16-17H2,1-3H3,(H2,28,30,32);/q;+1/p-1. The van der Waals surface area contributed by atoms with Crippen LogP contribution < -0.4 is 34.9 Å². The molecule has 0 aliphatic carbocycles. The van der Waals surface area contributed by atoms with Crippen molar-refractivity contribution in [2.75, 3.05) is 6.54 Å². The monoisotopic (exact) mass is 510 g/mol. The van der Waals surface area contributed by atoms with Crippen LogP contribution in [0, 0.1) is 20.8 Å². The van der Waals surface area contributed by atoms with Crippen LogP contribution in [0.1, 0.15) is 22.5 Å². The molecule has 1 heterocycles. The number of hydrogen-bond donors (Lipinski definition) is 1. The van der Waals surface area contributed by atoms with Crippen molar-refractivity contribution in [3.05, 3.63) is 106 Å². The Hall–Kier alpha value is -2.91. The van der Waals surface area contributed by atoms with E-state index < -0.39 is 16.1 Å². The van der Waals surface area contributed by atoms with Crippen LogP contribution in [0.3, 0.4) is 0 Å². The second-order valence-corrected chi connectivity index (χ2v) is 9.96. The summed E-state index contributed by atoms with van der Waals surface area (Å²) in [5.41, 5.74) is 7.01. The summed E-state index contributed by atoms with van der Waals surface area (Å²) in [4.78, 5) is 12.1. The Morgan fingerprint density at radius 2 is 1.64 bits per heavy atom. The van der Waals surface area contributed by atoms with Crippen molar-refractivity contribution in [2.24, 2.45) is 0 Å². The summed E-state index contributed by atoms with van der Waals surface area (Å²) in [6.07, 6.45) is 0.540. The number of nitrogens with zero attached hydrogens (tertiary/aromatic N) is 3. The van der Waals surface area contributed by atoms with E-state index in [9.17, 15) is 13.2 Å². The van der Waals surface area contributed by atoms with Crippen molar-refractivity contribution in [3.8, 4) is 16.8 Å². The first kappa shape index (κ1) is 27.7. The number of carbonyl (C=O) groups is 1. The third kappa shape index (κ3) is 6.44. The number of carbonyl (C=O) groups excluding carboxylic acids is 1. The van der Waals surface area contributed by atoms with Crippen LogP contribution in [-0.4, -0.2) is 30.8 Å². The molecule has 1 N–H and O–H groups in total. The summed E-state index contributed by atoms with van der Waals surface area (Å²) < 4.78 is 29.9. The molecule has 0 fully saturated rings. The van der Waals surface area contributed by atoms with Crippen LogP contribution in [0.2, 0.25) is 0 Å². The molecule has 7 nitrogen and oxygen atoms in total. The van der Waals surface area contributed by atoms with E-state index in [2.05, 4.69) is 29.1 Å². The number of rotatable bonds is 7. The molecule has 0 atom stereocenters. The molecule has 0 aliphatic rings. The molecule has 180 valence electrons. The van der Waals surface area contributed by atoms with Crippen molar-refractivity contribution in [3.63, 3.8) is 0 Å². The minimum atomic E-state index is -4.04. The predicted octanol–water partition coefficient (Wildman–Crippen LogP) is 2.48. The Balaban J connectivity index is 0.00000361. The second-order valence-electron chi connectivity index (χ2n) is 8.35. The zero-order valence-electron chi connectivity index (χ0n) is 20.9. The molecule has 0 bridgehead atoms. The molecule has 2 amide bonds. The van der Waals surface area contributed by atoms with Gasteiger partial charge < -0.3 is 10.0 Å². The molecule has 4 rings (SSSR count). The van der Waals surface area contributed by atoms with Crippen LogP contribution in [-0.2, 0) is 16.4 Å². The van der Waals surface area contributed by atoms with Gasteiger partial charge in [0.1, 0.15) is 0 Å². The van der Waals surface area contributed by atoms with Crippen molar-refractivity contribution in [1.29, 1.82) is 0 Å². The molecule has 0 radical (unpaired) electrons. The fourth-order valence-electron chi connectivity index (χ4n) is 4.00. The third-order valence-corrected chi connectivity index (χ3v) is 6.97. The molecule has 1 aromatic heterocycles. The maximum absolute atomic E-state index is 12.3.